The lowest BCUT2D eigenvalue weighted by Crippen LogP contribution is -2.45. The number of amides is 1. The van der Waals surface area contributed by atoms with Gasteiger partial charge >= 0.3 is 0 Å². The maximum atomic E-state index is 13.0. The van der Waals surface area contributed by atoms with Crippen LogP contribution in [0.2, 0.25) is 0 Å². The smallest absolute Gasteiger partial charge is 0.268 e. The van der Waals surface area contributed by atoms with Gasteiger partial charge in [-0.2, -0.15) is 0 Å². The largest absolute Gasteiger partial charge is 0.756 e. The van der Waals surface area contributed by atoms with Gasteiger partial charge in [-0.25, -0.2) is 0 Å². The number of phosphoric acid groups is 1. The highest BCUT2D eigenvalue weighted by Crippen LogP contribution is 2.38. The van der Waals surface area contributed by atoms with Gasteiger partial charge in [0.15, 0.2) is 0 Å². The van der Waals surface area contributed by atoms with Crippen LogP contribution in [0, 0.1) is 0 Å². The normalized spacial score (nSPS) is 14.6. The van der Waals surface area contributed by atoms with E-state index in [1.54, 1.807) is 6.08 Å². The van der Waals surface area contributed by atoms with Gasteiger partial charge in [0, 0.05) is 6.42 Å². The number of hydrogen-bond acceptors (Lipinski definition) is 6. The fourth-order valence-corrected chi connectivity index (χ4v) is 10.00. The zero-order valence-electron chi connectivity index (χ0n) is 54.8. The molecule has 480 valence electrons. The molecule has 0 rings (SSSR count). The lowest BCUT2D eigenvalue weighted by molar-refractivity contribution is -0.870. The van der Waals surface area contributed by atoms with Gasteiger partial charge in [-0.1, -0.05) is 307 Å². The van der Waals surface area contributed by atoms with Gasteiger partial charge in [-0.05, 0) is 103 Å². The standard InChI is InChI=1S/C75H129N2O6P/c1-6-8-10-12-14-16-18-20-22-24-26-28-30-32-33-34-35-36-37-38-39-40-41-42-43-45-47-49-51-53-55-57-59-61-63-65-67-69-75(79)76-73(72-83-84(80,81)82-71-70-77(3,4)5)74(78)68-66-64-62-60-58-56-54-52-50-48-46-44-31-29-27-25-23-21-19-17-15-13-11-9-7-2/h8,10,14,16,20,22,26,28,32-33,35-36,38-39,41-42,45,47,51,53,57,59,66,68,73-74,78H,6-7,9,11-13,15,17-19,21,23-25,27,29-31,34,37,40,43-44,46,48-50,52,54-56,58,60-65,67,69-72H2,1-5H3,(H-,76,79,80,81)/b10-8-,16-14-,22-20-,28-26-,33-32-,36-35-,39-38-,42-41-,47-45-,53-51-,59-57-,68-66+. The molecular formula is C75H129N2O6P. The molecule has 0 bridgehead atoms. The van der Waals surface area contributed by atoms with Crippen LogP contribution >= 0.6 is 7.82 Å². The summed E-state index contributed by atoms with van der Waals surface area (Å²) in [6, 6.07) is -0.917. The summed E-state index contributed by atoms with van der Waals surface area (Å²) in [5, 5.41) is 13.9. The topological polar surface area (TPSA) is 108 Å². The van der Waals surface area contributed by atoms with Crippen LogP contribution in [0.1, 0.15) is 271 Å². The van der Waals surface area contributed by atoms with Gasteiger partial charge in [0.2, 0.25) is 5.91 Å². The first-order valence-electron chi connectivity index (χ1n) is 34.2. The number of rotatable bonds is 61. The van der Waals surface area contributed by atoms with E-state index in [0.717, 1.165) is 109 Å². The van der Waals surface area contributed by atoms with Crippen LogP contribution in [0.5, 0.6) is 0 Å². The lowest BCUT2D eigenvalue weighted by Gasteiger charge is -2.29. The van der Waals surface area contributed by atoms with E-state index in [4.69, 9.17) is 9.05 Å². The monoisotopic (exact) mass is 1180 g/mol. The second kappa shape index (κ2) is 63.9. The van der Waals surface area contributed by atoms with Gasteiger partial charge in [0.25, 0.3) is 7.82 Å². The minimum atomic E-state index is -4.62. The first-order valence-corrected chi connectivity index (χ1v) is 35.7. The number of nitrogens with one attached hydrogen (secondary N) is 1. The molecule has 0 aliphatic rings. The predicted molar refractivity (Wildman–Crippen MR) is 366 cm³/mol. The third-order valence-corrected chi connectivity index (χ3v) is 15.5. The molecule has 1 amide bonds. The Morgan fingerprint density at radius 3 is 1.06 bits per heavy atom. The van der Waals surface area contributed by atoms with Crippen molar-refractivity contribution in [2.75, 3.05) is 40.9 Å². The molecule has 3 unspecified atom stereocenters. The number of quaternary nitrogens is 1. The Morgan fingerprint density at radius 2 is 0.726 bits per heavy atom. The number of allylic oxidation sites excluding steroid dienone is 23. The van der Waals surface area contributed by atoms with Crippen molar-refractivity contribution in [3.63, 3.8) is 0 Å². The summed E-state index contributed by atoms with van der Waals surface area (Å²) < 4.78 is 23.4. The maximum absolute atomic E-state index is 13.0. The molecule has 8 nitrogen and oxygen atoms in total. The van der Waals surface area contributed by atoms with E-state index in [9.17, 15) is 19.4 Å². The number of unbranched alkanes of at least 4 members (excludes halogenated alkanes) is 26. The van der Waals surface area contributed by atoms with Gasteiger partial charge in [-0.15, -0.1) is 0 Å². The first-order chi connectivity index (χ1) is 41.0. The third kappa shape index (κ3) is 65.9. The lowest BCUT2D eigenvalue weighted by atomic mass is 10.0. The zero-order chi connectivity index (χ0) is 61.2. The summed E-state index contributed by atoms with van der Waals surface area (Å²) in [6.07, 6.45) is 98.1. The van der Waals surface area contributed by atoms with Crippen molar-refractivity contribution in [1.29, 1.82) is 0 Å². The summed E-state index contributed by atoms with van der Waals surface area (Å²) in [6.45, 7) is 4.52. The van der Waals surface area contributed by atoms with Crippen LogP contribution in [0.15, 0.2) is 146 Å². The van der Waals surface area contributed by atoms with Crippen molar-refractivity contribution < 1.29 is 32.9 Å². The van der Waals surface area contributed by atoms with E-state index < -0.39 is 26.6 Å². The second-order valence-electron chi connectivity index (χ2n) is 23.8. The van der Waals surface area contributed by atoms with Crippen molar-refractivity contribution in [2.24, 2.45) is 0 Å². The average Bonchev–Trinajstić information content (AvgIpc) is 3.56. The average molecular weight is 1190 g/mol. The van der Waals surface area contributed by atoms with Gasteiger partial charge in [0.1, 0.15) is 13.2 Å². The number of phosphoric ester groups is 1. The van der Waals surface area contributed by atoms with E-state index in [1.807, 2.05) is 27.2 Å². The highest BCUT2D eigenvalue weighted by atomic mass is 31.2. The Bertz CT molecular complexity index is 1880. The Morgan fingerprint density at radius 1 is 0.429 bits per heavy atom. The highest BCUT2D eigenvalue weighted by Gasteiger charge is 2.23. The quantitative estimate of drug-likeness (QED) is 0.0272. The molecule has 3 atom stereocenters. The molecule has 0 saturated heterocycles. The summed E-state index contributed by atoms with van der Waals surface area (Å²) in [5.74, 6) is -0.233. The van der Waals surface area contributed by atoms with Crippen molar-refractivity contribution in [2.45, 2.75) is 283 Å². The predicted octanol–water partition coefficient (Wildman–Crippen LogP) is 21.4. The Kier molecular flexibility index (Phi) is 61.1. The van der Waals surface area contributed by atoms with E-state index in [1.165, 1.54) is 135 Å². The molecule has 0 heterocycles. The van der Waals surface area contributed by atoms with Crippen LogP contribution in [0.25, 0.3) is 0 Å². The summed E-state index contributed by atoms with van der Waals surface area (Å²) in [7, 11) is 1.22. The van der Waals surface area contributed by atoms with E-state index in [-0.39, 0.29) is 12.5 Å². The van der Waals surface area contributed by atoms with Crippen LogP contribution in [-0.2, 0) is 18.4 Å². The molecule has 2 N–H and O–H groups in total. The fraction of sp³-hybridized carbons (Fsp3) is 0.667. The summed E-state index contributed by atoms with van der Waals surface area (Å²) >= 11 is 0. The van der Waals surface area contributed by atoms with Crippen molar-refractivity contribution in [1.82, 2.24) is 5.32 Å². The number of hydrogen-bond donors (Lipinski definition) is 2. The molecule has 0 aliphatic carbocycles. The van der Waals surface area contributed by atoms with Crippen molar-refractivity contribution >= 4 is 13.7 Å². The van der Waals surface area contributed by atoms with Gasteiger partial charge in [0.05, 0.1) is 39.9 Å². The summed E-state index contributed by atoms with van der Waals surface area (Å²) in [4.78, 5) is 25.6. The first kappa shape index (κ1) is 80.4. The Labute approximate surface area is 519 Å². The molecule has 0 saturated carbocycles. The Hall–Kier alpha value is -3.62. The third-order valence-electron chi connectivity index (χ3n) is 14.6. The molecular weight excluding hydrogens is 1060 g/mol. The molecule has 84 heavy (non-hydrogen) atoms. The SMILES string of the molecule is CC/C=C\C/C=C\C/C=C\C/C=C\C/C=C\C/C=C\C/C=C\C/C=C\C/C=C\C/C=C\C/C=C\CCCCCC(=O)NC(COP(=O)([O-])OCC[N+](C)(C)C)C(O)/C=C/CCCCCCCCCCCCCCCCCCCCCCCCC. The highest BCUT2D eigenvalue weighted by molar-refractivity contribution is 7.45. The van der Waals surface area contributed by atoms with Gasteiger partial charge in [-0.3, -0.25) is 9.36 Å². The van der Waals surface area contributed by atoms with Crippen molar-refractivity contribution in [3.8, 4) is 0 Å². The maximum Gasteiger partial charge on any atom is 0.268 e. The second-order valence-corrected chi connectivity index (χ2v) is 25.2. The minimum Gasteiger partial charge on any atom is -0.756 e. The molecule has 0 aromatic carbocycles. The van der Waals surface area contributed by atoms with Crippen LogP contribution in [-0.4, -0.2) is 68.5 Å². The minimum absolute atomic E-state index is 0.0153. The molecule has 9 heteroatoms. The molecule has 0 aliphatic heterocycles. The fourth-order valence-electron chi connectivity index (χ4n) is 9.28. The molecule has 0 radical (unpaired) electrons. The van der Waals surface area contributed by atoms with Crippen LogP contribution < -0.4 is 10.2 Å². The zero-order valence-corrected chi connectivity index (χ0v) is 55.7. The molecule has 0 fully saturated rings. The van der Waals surface area contributed by atoms with Crippen LogP contribution in [0.3, 0.4) is 0 Å². The van der Waals surface area contributed by atoms with E-state index in [2.05, 4.69) is 153 Å². The van der Waals surface area contributed by atoms with Crippen LogP contribution in [0.4, 0.5) is 0 Å². The Balaban J connectivity index is 4.25. The van der Waals surface area contributed by atoms with Gasteiger partial charge < -0.3 is 28.8 Å². The molecule has 0 aromatic heterocycles. The van der Waals surface area contributed by atoms with Crippen molar-refractivity contribution in [3.05, 3.63) is 146 Å². The molecule has 0 spiro atoms. The number of nitrogens with zero attached hydrogens (tertiary/aromatic N) is 1. The number of aliphatic hydroxyl groups is 1. The molecule has 0 aromatic rings. The number of carbonyl (C=O) groups excluding carboxylic acids is 1. The number of aliphatic hydroxyl groups excluding tert-OH is 1. The van der Waals surface area contributed by atoms with E-state index >= 15 is 0 Å². The number of carbonyl (C=O) groups is 1. The number of likely N-dealkylation sites (N-methyl/N-ethyl adjacent to an activating group) is 1. The van der Waals surface area contributed by atoms with E-state index in [0.29, 0.717) is 23.9 Å². The summed E-state index contributed by atoms with van der Waals surface area (Å²) in [5.41, 5.74) is 0.